The SMILES string of the molecule is COCc1cc(C(=O)Nc2cc(C)nn2COC(=O)CC(C)(C)c2c(C)cc(C)cc2O[P+](=O)O)n(C)n1. The van der Waals surface area contributed by atoms with Gasteiger partial charge in [0.25, 0.3) is 5.91 Å². The Morgan fingerprint density at radius 2 is 1.84 bits per heavy atom. The molecular formula is C25H33N5O7P+. The van der Waals surface area contributed by atoms with E-state index in [1.807, 2.05) is 33.8 Å². The third kappa shape index (κ3) is 7.03. The number of nitrogens with zero attached hydrogens (tertiary/aromatic N) is 4. The zero-order valence-electron chi connectivity index (χ0n) is 22.6. The lowest BCUT2D eigenvalue weighted by Gasteiger charge is -2.27. The molecule has 13 heteroatoms. The van der Waals surface area contributed by atoms with Gasteiger partial charge in [-0.3, -0.25) is 14.3 Å². The molecule has 0 fully saturated rings. The fourth-order valence-electron chi connectivity index (χ4n) is 4.47. The normalized spacial score (nSPS) is 11.8. The molecule has 0 aliphatic rings. The predicted octanol–water partition coefficient (Wildman–Crippen LogP) is 3.84. The minimum Gasteiger partial charge on any atom is -0.442 e. The minimum absolute atomic E-state index is 0.0330. The topological polar surface area (TPSA) is 147 Å². The lowest BCUT2D eigenvalue weighted by atomic mass is 9.78. The van der Waals surface area contributed by atoms with E-state index in [1.54, 1.807) is 39.3 Å². The molecule has 0 bridgehead atoms. The largest absolute Gasteiger partial charge is 0.747 e. The average molecular weight is 547 g/mol. The maximum absolute atomic E-state index is 12.9. The van der Waals surface area contributed by atoms with Gasteiger partial charge in [0.1, 0.15) is 11.5 Å². The van der Waals surface area contributed by atoms with E-state index in [9.17, 15) is 19.0 Å². The van der Waals surface area contributed by atoms with Crippen molar-refractivity contribution in [3.05, 3.63) is 58.0 Å². The lowest BCUT2D eigenvalue weighted by Crippen LogP contribution is -2.26. The standard InChI is InChI=1S/C25H32N5O7P/c1-15-8-16(2)23(20(9-15)37-38(33)34)25(4,5)12-22(31)36-14-30-21(10-17(3)27-30)26-24(32)19-11-18(13-35-7)28-29(19)6/h8-11H,12-14H2,1-7H3,(H-,26,27,32,33,34)/p+1. The van der Waals surface area contributed by atoms with E-state index in [-0.39, 0.29) is 25.5 Å². The van der Waals surface area contributed by atoms with Crippen LogP contribution in [0.4, 0.5) is 5.82 Å². The molecule has 1 unspecified atom stereocenters. The van der Waals surface area contributed by atoms with Crippen LogP contribution in [0.15, 0.2) is 24.3 Å². The summed E-state index contributed by atoms with van der Waals surface area (Å²) in [6.45, 7) is 9.18. The third-order valence-electron chi connectivity index (χ3n) is 5.83. The maximum Gasteiger partial charge on any atom is 0.747 e. The first kappa shape index (κ1) is 29.0. The Morgan fingerprint density at radius 3 is 2.50 bits per heavy atom. The molecule has 38 heavy (non-hydrogen) atoms. The second-order valence-corrected chi connectivity index (χ2v) is 10.4. The van der Waals surface area contributed by atoms with Gasteiger partial charge in [0, 0.05) is 35.8 Å². The van der Waals surface area contributed by atoms with E-state index in [2.05, 4.69) is 15.5 Å². The van der Waals surface area contributed by atoms with Crippen molar-refractivity contribution < 1.29 is 33.0 Å². The molecule has 204 valence electrons. The van der Waals surface area contributed by atoms with Gasteiger partial charge in [-0.05, 0) is 44.0 Å². The zero-order valence-corrected chi connectivity index (χ0v) is 23.5. The fourth-order valence-corrected chi connectivity index (χ4v) is 4.78. The molecule has 12 nitrogen and oxygen atoms in total. The van der Waals surface area contributed by atoms with E-state index < -0.39 is 25.5 Å². The van der Waals surface area contributed by atoms with Gasteiger partial charge in [-0.2, -0.15) is 10.2 Å². The molecule has 0 spiro atoms. The summed E-state index contributed by atoms with van der Waals surface area (Å²) in [5.74, 6) is -0.317. The van der Waals surface area contributed by atoms with Crippen LogP contribution in [-0.4, -0.2) is 43.4 Å². The second-order valence-electron chi connectivity index (χ2n) is 9.69. The van der Waals surface area contributed by atoms with Gasteiger partial charge in [-0.25, -0.2) is 9.21 Å². The number of rotatable bonds is 11. The number of methoxy groups -OCH3 is 1. The number of hydrogen-bond acceptors (Lipinski definition) is 8. The molecule has 2 N–H and O–H groups in total. The van der Waals surface area contributed by atoms with Crippen LogP contribution in [0.1, 0.15) is 58.8 Å². The first-order valence-corrected chi connectivity index (χ1v) is 12.9. The van der Waals surface area contributed by atoms with E-state index in [0.29, 0.717) is 28.5 Å². The number of anilines is 1. The Morgan fingerprint density at radius 1 is 1.13 bits per heavy atom. The van der Waals surface area contributed by atoms with Crippen LogP contribution >= 0.6 is 8.25 Å². The molecule has 1 amide bonds. The van der Waals surface area contributed by atoms with Gasteiger partial charge in [0.05, 0.1) is 24.4 Å². The summed E-state index contributed by atoms with van der Waals surface area (Å²) in [6.07, 6.45) is -0.0330. The molecular weight excluding hydrogens is 513 g/mol. The van der Waals surface area contributed by atoms with Crippen LogP contribution in [0.3, 0.4) is 0 Å². The fraction of sp³-hybridized carbons (Fsp3) is 0.440. The Kier molecular flexibility index (Phi) is 9.03. The molecule has 3 rings (SSSR count). The van der Waals surface area contributed by atoms with E-state index in [4.69, 9.17) is 14.0 Å². The van der Waals surface area contributed by atoms with Gasteiger partial charge in [-0.1, -0.05) is 19.9 Å². The molecule has 0 aliphatic heterocycles. The number of carbonyl (C=O) groups excluding carboxylic acids is 2. The monoisotopic (exact) mass is 546 g/mol. The van der Waals surface area contributed by atoms with Crippen molar-refractivity contribution in [2.45, 2.75) is 59.8 Å². The Labute approximate surface area is 221 Å². The Balaban J connectivity index is 1.71. The number of carbonyl (C=O) groups is 2. The molecule has 3 aromatic rings. The van der Waals surface area contributed by atoms with Crippen LogP contribution < -0.4 is 9.84 Å². The number of ether oxygens (including phenoxy) is 2. The quantitative estimate of drug-likeness (QED) is 0.270. The average Bonchev–Trinajstić information content (AvgIpc) is 3.32. The van der Waals surface area contributed by atoms with Crippen molar-refractivity contribution in [1.82, 2.24) is 19.6 Å². The molecule has 0 saturated heterocycles. The zero-order chi connectivity index (χ0) is 28.2. The van der Waals surface area contributed by atoms with Crippen molar-refractivity contribution in [2.75, 3.05) is 12.4 Å². The van der Waals surface area contributed by atoms with E-state index in [0.717, 1.165) is 11.1 Å². The predicted molar refractivity (Wildman–Crippen MR) is 139 cm³/mol. The number of amides is 1. The van der Waals surface area contributed by atoms with Crippen LogP contribution in [-0.2, 0) is 44.6 Å². The van der Waals surface area contributed by atoms with E-state index >= 15 is 0 Å². The number of esters is 1. The summed E-state index contributed by atoms with van der Waals surface area (Å²) in [4.78, 5) is 35.0. The van der Waals surface area contributed by atoms with Crippen molar-refractivity contribution in [2.24, 2.45) is 7.05 Å². The molecule has 0 aliphatic carbocycles. The lowest BCUT2D eigenvalue weighted by molar-refractivity contribution is -0.149. The smallest absolute Gasteiger partial charge is 0.442 e. The highest BCUT2D eigenvalue weighted by Crippen LogP contribution is 2.40. The van der Waals surface area contributed by atoms with Crippen LogP contribution in [0.5, 0.6) is 5.75 Å². The van der Waals surface area contributed by atoms with Gasteiger partial charge >= 0.3 is 14.2 Å². The summed E-state index contributed by atoms with van der Waals surface area (Å²) < 4.78 is 30.0. The van der Waals surface area contributed by atoms with E-state index in [1.165, 1.54) is 9.36 Å². The number of hydrogen-bond donors (Lipinski definition) is 2. The highest BCUT2D eigenvalue weighted by molar-refractivity contribution is 7.32. The minimum atomic E-state index is -2.87. The maximum atomic E-state index is 12.9. The van der Waals surface area contributed by atoms with Crippen LogP contribution in [0.25, 0.3) is 0 Å². The molecule has 0 radical (unpaired) electrons. The first-order valence-electron chi connectivity index (χ1n) is 11.8. The number of benzene rings is 1. The summed E-state index contributed by atoms with van der Waals surface area (Å²) in [7, 11) is 0.329. The molecule has 2 aromatic heterocycles. The van der Waals surface area contributed by atoms with Crippen molar-refractivity contribution in [1.29, 1.82) is 0 Å². The molecule has 1 atom stereocenters. The Hall–Kier alpha value is -3.60. The highest BCUT2D eigenvalue weighted by atomic mass is 31.1. The molecule has 1 aromatic carbocycles. The summed E-state index contributed by atoms with van der Waals surface area (Å²) in [6, 6.07) is 6.88. The van der Waals surface area contributed by atoms with Gasteiger partial charge in [0.15, 0.2) is 12.5 Å². The van der Waals surface area contributed by atoms with Crippen molar-refractivity contribution in [3.63, 3.8) is 0 Å². The number of nitrogens with one attached hydrogen (secondary N) is 1. The highest BCUT2D eigenvalue weighted by Gasteiger charge is 2.33. The summed E-state index contributed by atoms with van der Waals surface area (Å²) in [5.41, 5.74) is 3.13. The van der Waals surface area contributed by atoms with Crippen molar-refractivity contribution in [3.8, 4) is 5.75 Å². The van der Waals surface area contributed by atoms with Crippen LogP contribution in [0.2, 0.25) is 0 Å². The third-order valence-corrected chi connectivity index (χ3v) is 6.18. The first-order chi connectivity index (χ1) is 17.8. The van der Waals surface area contributed by atoms with Gasteiger partial charge < -0.3 is 14.8 Å². The molecule has 2 heterocycles. The molecule has 0 saturated carbocycles. The summed E-state index contributed by atoms with van der Waals surface area (Å²) in [5, 5.41) is 11.3. The second kappa shape index (κ2) is 11.8. The summed E-state index contributed by atoms with van der Waals surface area (Å²) >= 11 is 0. The number of aromatic nitrogens is 4. The van der Waals surface area contributed by atoms with Gasteiger partial charge in [0.2, 0.25) is 0 Å². The van der Waals surface area contributed by atoms with Crippen LogP contribution in [0, 0.1) is 20.8 Å². The Bertz CT molecular complexity index is 1360. The van der Waals surface area contributed by atoms with Gasteiger partial charge in [-0.15, -0.1) is 4.89 Å². The number of aryl methyl sites for hydroxylation is 4. The van der Waals surface area contributed by atoms with Crippen molar-refractivity contribution >= 4 is 25.9 Å².